The SMILES string of the molecule is O=C(NCCNC(=O)c1cccnc1Cl)c1cccs1. The van der Waals surface area contributed by atoms with Gasteiger partial charge >= 0.3 is 0 Å². The van der Waals surface area contributed by atoms with Gasteiger partial charge in [-0.05, 0) is 23.6 Å². The number of carbonyl (C=O) groups excluding carboxylic acids is 2. The van der Waals surface area contributed by atoms with Gasteiger partial charge < -0.3 is 10.6 Å². The fourth-order valence-corrected chi connectivity index (χ4v) is 2.34. The van der Waals surface area contributed by atoms with Crippen molar-refractivity contribution in [2.45, 2.75) is 0 Å². The standard InChI is InChI=1S/C13H12ClN3O2S/c14-11-9(3-1-5-15-11)12(18)16-6-7-17-13(19)10-4-2-8-20-10/h1-5,8H,6-7H2,(H,16,18)(H,17,19). The zero-order valence-electron chi connectivity index (χ0n) is 10.4. The van der Waals surface area contributed by atoms with Crippen LogP contribution >= 0.6 is 22.9 Å². The van der Waals surface area contributed by atoms with E-state index in [4.69, 9.17) is 11.6 Å². The highest BCUT2D eigenvalue weighted by Gasteiger charge is 2.10. The van der Waals surface area contributed by atoms with Crippen LogP contribution in [0.4, 0.5) is 0 Å². The molecule has 0 spiro atoms. The van der Waals surface area contributed by atoms with E-state index in [0.29, 0.717) is 23.5 Å². The molecule has 2 amide bonds. The molecule has 0 aliphatic rings. The van der Waals surface area contributed by atoms with E-state index in [-0.39, 0.29) is 17.0 Å². The molecule has 2 aromatic heterocycles. The van der Waals surface area contributed by atoms with Crippen LogP contribution in [0, 0.1) is 0 Å². The van der Waals surface area contributed by atoms with Gasteiger partial charge in [0.15, 0.2) is 0 Å². The first-order chi connectivity index (χ1) is 9.68. The van der Waals surface area contributed by atoms with Crippen molar-refractivity contribution in [3.8, 4) is 0 Å². The van der Waals surface area contributed by atoms with Crippen molar-refractivity contribution in [3.63, 3.8) is 0 Å². The van der Waals surface area contributed by atoms with Gasteiger partial charge in [0, 0.05) is 19.3 Å². The molecule has 2 N–H and O–H groups in total. The van der Waals surface area contributed by atoms with E-state index in [9.17, 15) is 9.59 Å². The van der Waals surface area contributed by atoms with E-state index in [1.165, 1.54) is 17.5 Å². The molecular weight excluding hydrogens is 298 g/mol. The lowest BCUT2D eigenvalue weighted by Gasteiger charge is -2.07. The van der Waals surface area contributed by atoms with Gasteiger partial charge in [0.1, 0.15) is 5.15 Å². The van der Waals surface area contributed by atoms with Gasteiger partial charge in [0.25, 0.3) is 11.8 Å². The minimum absolute atomic E-state index is 0.145. The molecule has 5 nitrogen and oxygen atoms in total. The Bertz CT molecular complexity index is 601. The molecule has 0 atom stereocenters. The van der Waals surface area contributed by atoms with E-state index in [1.807, 2.05) is 11.4 Å². The molecule has 0 saturated carbocycles. The third-order valence-electron chi connectivity index (χ3n) is 2.44. The number of pyridine rings is 1. The van der Waals surface area contributed by atoms with Crippen LogP contribution in [0.1, 0.15) is 20.0 Å². The molecule has 104 valence electrons. The number of nitrogens with one attached hydrogen (secondary N) is 2. The molecule has 2 heterocycles. The van der Waals surface area contributed by atoms with E-state index >= 15 is 0 Å². The Hall–Kier alpha value is -1.92. The molecule has 0 bridgehead atoms. The van der Waals surface area contributed by atoms with Crippen molar-refractivity contribution in [3.05, 3.63) is 51.4 Å². The van der Waals surface area contributed by atoms with Crippen molar-refractivity contribution < 1.29 is 9.59 Å². The number of nitrogens with zero attached hydrogens (tertiary/aromatic N) is 1. The molecule has 2 aromatic rings. The summed E-state index contributed by atoms with van der Waals surface area (Å²) >= 11 is 7.18. The van der Waals surface area contributed by atoms with E-state index in [2.05, 4.69) is 15.6 Å². The first kappa shape index (κ1) is 14.5. The van der Waals surface area contributed by atoms with Crippen LogP contribution in [-0.2, 0) is 0 Å². The van der Waals surface area contributed by atoms with Gasteiger partial charge in [-0.15, -0.1) is 11.3 Å². The summed E-state index contributed by atoms with van der Waals surface area (Å²) in [6, 6.07) is 6.79. The Kier molecular flexibility index (Phi) is 5.09. The molecule has 0 saturated heterocycles. The van der Waals surface area contributed by atoms with Crippen LogP contribution in [0.5, 0.6) is 0 Å². The molecule has 0 fully saturated rings. The highest BCUT2D eigenvalue weighted by atomic mass is 35.5. The van der Waals surface area contributed by atoms with Crippen molar-refractivity contribution in [1.82, 2.24) is 15.6 Å². The van der Waals surface area contributed by atoms with E-state index in [0.717, 1.165) is 0 Å². The third kappa shape index (κ3) is 3.79. The number of carbonyl (C=O) groups is 2. The summed E-state index contributed by atoms with van der Waals surface area (Å²) in [5.74, 6) is -0.456. The maximum absolute atomic E-state index is 11.8. The Morgan fingerprint density at radius 2 is 1.90 bits per heavy atom. The summed E-state index contributed by atoms with van der Waals surface area (Å²) in [6.45, 7) is 0.668. The van der Waals surface area contributed by atoms with Crippen LogP contribution in [0.15, 0.2) is 35.8 Å². The second-order valence-corrected chi connectivity index (χ2v) is 5.14. The monoisotopic (exact) mass is 309 g/mol. The summed E-state index contributed by atoms with van der Waals surface area (Å²) in [6.07, 6.45) is 1.51. The van der Waals surface area contributed by atoms with Crippen LogP contribution in [0.2, 0.25) is 5.15 Å². The lowest BCUT2D eigenvalue weighted by Crippen LogP contribution is -2.34. The normalized spacial score (nSPS) is 10.1. The quantitative estimate of drug-likeness (QED) is 0.655. The van der Waals surface area contributed by atoms with Crippen LogP contribution < -0.4 is 10.6 Å². The number of halogens is 1. The number of amides is 2. The van der Waals surface area contributed by atoms with Gasteiger partial charge in [-0.25, -0.2) is 4.98 Å². The first-order valence-electron chi connectivity index (χ1n) is 5.89. The molecule has 0 aromatic carbocycles. The Morgan fingerprint density at radius 1 is 1.15 bits per heavy atom. The molecule has 0 unspecified atom stereocenters. The lowest BCUT2D eigenvalue weighted by molar-refractivity contribution is 0.0929. The topological polar surface area (TPSA) is 71.1 Å². The molecule has 7 heteroatoms. The molecule has 2 rings (SSSR count). The minimum Gasteiger partial charge on any atom is -0.350 e. The Morgan fingerprint density at radius 3 is 2.55 bits per heavy atom. The second-order valence-electron chi connectivity index (χ2n) is 3.83. The number of thiophene rings is 1. The maximum Gasteiger partial charge on any atom is 0.261 e. The summed E-state index contributed by atoms with van der Waals surface area (Å²) in [5.41, 5.74) is 0.318. The molecule has 20 heavy (non-hydrogen) atoms. The van der Waals surface area contributed by atoms with E-state index < -0.39 is 0 Å². The van der Waals surface area contributed by atoms with Crippen LogP contribution in [0.3, 0.4) is 0 Å². The van der Waals surface area contributed by atoms with Crippen molar-refractivity contribution in [1.29, 1.82) is 0 Å². The average molecular weight is 310 g/mol. The molecular formula is C13H12ClN3O2S. The largest absolute Gasteiger partial charge is 0.350 e. The predicted molar refractivity (Wildman–Crippen MR) is 78.2 cm³/mol. The summed E-state index contributed by atoms with van der Waals surface area (Å²) in [5, 5.41) is 7.37. The smallest absolute Gasteiger partial charge is 0.261 e. The Balaban J connectivity index is 1.75. The highest BCUT2D eigenvalue weighted by molar-refractivity contribution is 7.12. The zero-order chi connectivity index (χ0) is 14.4. The zero-order valence-corrected chi connectivity index (χ0v) is 12.0. The third-order valence-corrected chi connectivity index (χ3v) is 3.61. The van der Waals surface area contributed by atoms with Gasteiger partial charge in [-0.3, -0.25) is 9.59 Å². The average Bonchev–Trinajstić information content (AvgIpc) is 2.98. The number of hydrogen-bond acceptors (Lipinski definition) is 4. The van der Waals surface area contributed by atoms with Gasteiger partial charge in [0.05, 0.1) is 10.4 Å². The molecule has 0 radical (unpaired) electrons. The number of aromatic nitrogens is 1. The van der Waals surface area contributed by atoms with Crippen molar-refractivity contribution in [2.24, 2.45) is 0 Å². The minimum atomic E-state index is -0.312. The van der Waals surface area contributed by atoms with E-state index in [1.54, 1.807) is 18.2 Å². The lowest BCUT2D eigenvalue weighted by atomic mass is 10.2. The summed E-state index contributed by atoms with van der Waals surface area (Å²) < 4.78 is 0. The fraction of sp³-hybridized carbons (Fsp3) is 0.154. The summed E-state index contributed by atoms with van der Waals surface area (Å²) in [7, 11) is 0. The van der Waals surface area contributed by atoms with Gasteiger partial charge in [-0.1, -0.05) is 17.7 Å². The second kappa shape index (κ2) is 7.02. The van der Waals surface area contributed by atoms with Crippen LogP contribution in [0.25, 0.3) is 0 Å². The highest BCUT2D eigenvalue weighted by Crippen LogP contribution is 2.10. The predicted octanol–water partition coefficient (Wildman–Crippen LogP) is 1.96. The summed E-state index contributed by atoms with van der Waals surface area (Å²) in [4.78, 5) is 27.9. The molecule has 0 aliphatic heterocycles. The fourth-order valence-electron chi connectivity index (χ4n) is 1.50. The van der Waals surface area contributed by atoms with Crippen molar-refractivity contribution >= 4 is 34.8 Å². The molecule has 0 aliphatic carbocycles. The number of hydrogen-bond donors (Lipinski definition) is 2. The first-order valence-corrected chi connectivity index (χ1v) is 7.14. The van der Waals surface area contributed by atoms with Crippen LogP contribution in [-0.4, -0.2) is 29.9 Å². The van der Waals surface area contributed by atoms with Gasteiger partial charge in [-0.2, -0.15) is 0 Å². The van der Waals surface area contributed by atoms with Gasteiger partial charge in [0.2, 0.25) is 0 Å². The maximum atomic E-state index is 11.8. The Labute approximate surface area is 125 Å². The number of rotatable bonds is 5. The van der Waals surface area contributed by atoms with Crippen molar-refractivity contribution in [2.75, 3.05) is 13.1 Å².